The number of alkyl halides is 3. The van der Waals surface area contributed by atoms with Gasteiger partial charge in [0, 0.05) is 0 Å². The molecular formula is C10H10F3N3OS. The Labute approximate surface area is 107 Å². The normalized spacial score (nSPS) is 11.6. The third-order valence-corrected chi connectivity index (χ3v) is 1.94. The Hall–Kier alpha value is -1.83. The zero-order valence-corrected chi connectivity index (χ0v) is 10.1. The number of ether oxygens (including phenoxy) is 1. The van der Waals surface area contributed by atoms with E-state index in [0.29, 0.717) is 11.1 Å². The number of rotatable bonds is 3. The summed E-state index contributed by atoms with van der Waals surface area (Å²) in [7, 11) is 0. The molecule has 98 valence electrons. The zero-order valence-electron chi connectivity index (χ0n) is 9.28. The number of hydrogen-bond donors (Lipinski definition) is 2. The van der Waals surface area contributed by atoms with Crippen molar-refractivity contribution in [1.82, 2.24) is 5.43 Å². The zero-order chi connectivity index (χ0) is 13.8. The first-order valence-electron chi connectivity index (χ1n) is 4.73. The maximum absolute atomic E-state index is 12.0. The highest BCUT2D eigenvalue weighted by molar-refractivity contribution is 7.80. The molecule has 0 aliphatic carbocycles. The first kappa shape index (κ1) is 14.2. The van der Waals surface area contributed by atoms with Crippen molar-refractivity contribution in [1.29, 1.82) is 0 Å². The molecule has 0 amide bonds. The summed E-state index contributed by atoms with van der Waals surface area (Å²) in [5.74, 6) is -0.278. The van der Waals surface area contributed by atoms with Crippen LogP contribution in [-0.2, 0) is 0 Å². The van der Waals surface area contributed by atoms with Gasteiger partial charge >= 0.3 is 6.36 Å². The van der Waals surface area contributed by atoms with E-state index in [-0.39, 0.29) is 10.9 Å². The Morgan fingerprint density at radius 2 is 2.17 bits per heavy atom. The molecule has 0 radical (unpaired) electrons. The smallest absolute Gasteiger partial charge is 0.406 e. The highest BCUT2D eigenvalue weighted by Crippen LogP contribution is 2.24. The summed E-state index contributed by atoms with van der Waals surface area (Å²) < 4.78 is 39.7. The van der Waals surface area contributed by atoms with Gasteiger partial charge in [-0.3, -0.25) is 5.43 Å². The standard InChI is InChI=1S/C10H10F3N3OS/c1-6-4-8(17-10(11,12)13)3-2-7(6)5-15-16-9(14)18/h2-5H,1H3,(H3,14,16,18). The number of hydrogen-bond acceptors (Lipinski definition) is 3. The van der Waals surface area contributed by atoms with Crippen LogP contribution in [0, 0.1) is 6.92 Å². The number of nitrogens with zero attached hydrogens (tertiary/aromatic N) is 1. The van der Waals surface area contributed by atoms with Gasteiger partial charge in [0.05, 0.1) is 6.21 Å². The Morgan fingerprint density at radius 1 is 1.50 bits per heavy atom. The van der Waals surface area contributed by atoms with Crippen molar-refractivity contribution in [2.75, 3.05) is 0 Å². The van der Waals surface area contributed by atoms with Crippen LogP contribution < -0.4 is 15.9 Å². The molecule has 1 aromatic rings. The molecule has 0 fully saturated rings. The van der Waals surface area contributed by atoms with Gasteiger partial charge in [0.1, 0.15) is 5.75 Å². The molecule has 18 heavy (non-hydrogen) atoms. The van der Waals surface area contributed by atoms with Gasteiger partial charge in [-0.15, -0.1) is 13.2 Å². The average Bonchev–Trinajstić information content (AvgIpc) is 2.18. The number of aryl methyl sites for hydroxylation is 1. The maximum atomic E-state index is 12.0. The Morgan fingerprint density at radius 3 is 2.67 bits per heavy atom. The second-order valence-electron chi connectivity index (χ2n) is 3.30. The largest absolute Gasteiger partial charge is 0.573 e. The molecule has 1 rings (SSSR count). The second-order valence-corrected chi connectivity index (χ2v) is 3.74. The summed E-state index contributed by atoms with van der Waals surface area (Å²) in [5.41, 5.74) is 8.68. The molecule has 0 aliphatic rings. The van der Waals surface area contributed by atoms with Crippen molar-refractivity contribution in [2.45, 2.75) is 13.3 Å². The van der Waals surface area contributed by atoms with Crippen LogP contribution in [0.5, 0.6) is 5.75 Å². The lowest BCUT2D eigenvalue weighted by Crippen LogP contribution is -2.24. The van der Waals surface area contributed by atoms with Gasteiger partial charge in [0.2, 0.25) is 0 Å². The van der Waals surface area contributed by atoms with Gasteiger partial charge in [-0.2, -0.15) is 5.10 Å². The highest BCUT2D eigenvalue weighted by Gasteiger charge is 2.31. The molecule has 1 aromatic carbocycles. The fraction of sp³-hybridized carbons (Fsp3) is 0.200. The van der Waals surface area contributed by atoms with Crippen molar-refractivity contribution in [3.05, 3.63) is 29.3 Å². The van der Waals surface area contributed by atoms with E-state index in [1.807, 2.05) is 0 Å². The van der Waals surface area contributed by atoms with E-state index in [2.05, 4.69) is 27.5 Å². The molecule has 8 heteroatoms. The van der Waals surface area contributed by atoms with Crippen LogP contribution in [0.3, 0.4) is 0 Å². The molecule has 0 saturated heterocycles. The number of nitrogens with one attached hydrogen (secondary N) is 1. The van der Waals surface area contributed by atoms with Crippen LogP contribution in [-0.4, -0.2) is 17.7 Å². The Bertz CT molecular complexity index is 474. The fourth-order valence-corrected chi connectivity index (χ4v) is 1.21. The van der Waals surface area contributed by atoms with Gasteiger partial charge in [-0.25, -0.2) is 0 Å². The lowest BCUT2D eigenvalue weighted by Gasteiger charge is -2.10. The second kappa shape index (κ2) is 5.67. The van der Waals surface area contributed by atoms with Gasteiger partial charge < -0.3 is 10.5 Å². The number of thiocarbonyl (C=S) groups is 1. The lowest BCUT2D eigenvalue weighted by atomic mass is 10.1. The number of benzene rings is 1. The predicted octanol–water partition coefficient (Wildman–Crippen LogP) is 2.06. The van der Waals surface area contributed by atoms with E-state index in [9.17, 15) is 13.2 Å². The summed E-state index contributed by atoms with van der Waals surface area (Å²) in [6.07, 6.45) is -3.30. The summed E-state index contributed by atoms with van der Waals surface area (Å²) in [6, 6.07) is 3.90. The monoisotopic (exact) mass is 277 g/mol. The summed E-state index contributed by atoms with van der Waals surface area (Å²) >= 11 is 4.53. The Kier molecular flexibility index (Phi) is 4.49. The van der Waals surface area contributed by atoms with Crippen molar-refractivity contribution in [3.8, 4) is 5.75 Å². The first-order valence-corrected chi connectivity index (χ1v) is 5.13. The van der Waals surface area contributed by atoms with Crippen LogP contribution in [0.25, 0.3) is 0 Å². The Balaban J connectivity index is 2.80. The van der Waals surface area contributed by atoms with E-state index in [1.165, 1.54) is 24.4 Å². The quantitative estimate of drug-likeness (QED) is 0.504. The molecule has 0 aromatic heterocycles. The fourth-order valence-electron chi connectivity index (χ4n) is 1.16. The molecule has 0 saturated carbocycles. The molecule has 0 heterocycles. The van der Waals surface area contributed by atoms with Crippen molar-refractivity contribution in [2.24, 2.45) is 10.8 Å². The van der Waals surface area contributed by atoms with E-state index in [1.54, 1.807) is 6.92 Å². The molecule has 0 bridgehead atoms. The maximum Gasteiger partial charge on any atom is 0.573 e. The van der Waals surface area contributed by atoms with Crippen molar-refractivity contribution < 1.29 is 17.9 Å². The van der Waals surface area contributed by atoms with Gasteiger partial charge in [-0.1, -0.05) is 0 Å². The van der Waals surface area contributed by atoms with E-state index in [4.69, 9.17) is 5.73 Å². The first-order chi connectivity index (χ1) is 8.28. The van der Waals surface area contributed by atoms with E-state index in [0.717, 1.165) is 0 Å². The van der Waals surface area contributed by atoms with Gasteiger partial charge in [-0.05, 0) is 48.5 Å². The molecule has 0 aliphatic heterocycles. The van der Waals surface area contributed by atoms with Crippen LogP contribution in [0.2, 0.25) is 0 Å². The molecule has 0 unspecified atom stereocenters. The van der Waals surface area contributed by atoms with Gasteiger partial charge in [0.15, 0.2) is 5.11 Å². The highest BCUT2D eigenvalue weighted by atomic mass is 32.1. The molecule has 0 spiro atoms. The van der Waals surface area contributed by atoms with Crippen molar-refractivity contribution >= 4 is 23.5 Å². The minimum atomic E-state index is -4.70. The average molecular weight is 277 g/mol. The van der Waals surface area contributed by atoms with Gasteiger partial charge in [0.25, 0.3) is 0 Å². The van der Waals surface area contributed by atoms with Crippen LogP contribution >= 0.6 is 12.2 Å². The van der Waals surface area contributed by atoms with Crippen LogP contribution in [0.4, 0.5) is 13.2 Å². The third kappa shape index (κ3) is 5.00. The van der Waals surface area contributed by atoms with E-state index < -0.39 is 6.36 Å². The molecule has 4 nitrogen and oxygen atoms in total. The topological polar surface area (TPSA) is 59.6 Å². The molecule has 3 N–H and O–H groups in total. The number of hydrazone groups is 1. The third-order valence-electron chi connectivity index (χ3n) is 1.85. The minimum Gasteiger partial charge on any atom is -0.406 e. The lowest BCUT2D eigenvalue weighted by molar-refractivity contribution is -0.274. The predicted molar refractivity (Wildman–Crippen MR) is 65.4 cm³/mol. The minimum absolute atomic E-state index is 0.000859. The number of nitrogens with two attached hydrogens (primary N) is 1. The number of halogens is 3. The van der Waals surface area contributed by atoms with Crippen LogP contribution in [0.1, 0.15) is 11.1 Å². The van der Waals surface area contributed by atoms with E-state index >= 15 is 0 Å². The van der Waals surface area contributed by atoms with Crippen LogP contribution in [0.15, 0.2) is 23.3 Å². The van der Waals surface area contributed by atoms with Crippen molar-refractivity contribution in [3.63, 3.8) is 0 Å². The SMILES string of the molecule is Cc1cc(OC(F)(F)F)ccc1C=NNC(N)=S. The molecular weight excluding hydrogens is 267 g/mol. The summed E-state index contributed by atoms with van der Waals surface area (Å²) in [4.78, 5) is 0. The molecule has 0 atom stereocenters. The summed E-state index contributed by atoms with van der Waals surface area (Å²) in [6.45, 7) is 1.63. The summed E-state index contributed by atoms with van der Waals surface area (Å²) in [5, 5.41) is 3.70.